The minimum absolute atomic E-state index is 0.118. The van der Waals surface area contributed by atoms with Crippen molar-refractivity contribution in [2.75, 3.05) is 33.4 Å². The van der Waals surface area contributed by atoms with Crippen LogP contribution in [0.15, 0.2) is 23.1 Å². The van der Waals surface area contributed by atoms with Crippen LogP contribution in [0.25, 0.3) is 5.69 Å². The van der Waals surface area contributed by atoms with Gasteiger partial charge in [-0.1, -0.05) is 0 Å². The summed E-state index contributed by atoms with van der Waals surface area (Å²) < 4.78 is 37.2. The molecule has 1 aromatic carbocycles. The van der Waals surface area contributed by atoms with Gasteiger partial charge in [0.25, 0.3) is 0 Å². The lowest BCUT2D eigenvalue weighted by molar-refractivity contribution is 0.0730. The van der Waals surface area contributed by atoms with Crippen molar-refractivity contribution in [1.29, 1.82) is 0 Å². The van der Waals surface area contributed by atoms with Crippen molar-refractivity contribution in [1.82, 2.24) is 24.5 Å². The minimum Gasteiger partial charge on any atom is -0.494 e. The molecule has 0 aliphatic carbocycles. The molecular weight excluding hydrogens is 338 g/mol. The lowest BCUT2D eigenvalue weighted by atomic mass is 10.3. The molecule has 0 amide bonds. The summed E-state index contributed by atoms with van der Waals surface area (Å²) in [6.07, 6.45) is 0. The number of rotatable bonds is 5. The molecule has 0 saturated carbocycles. The third-order valence-electron chi connectivity index (χ3n) is 3.57. The molecule has 1 aliphatic heterocycles. The van der Waals surface area contributed by atoms with Crippen LogP contribution >= 0.6 is 0 Å². The normalized spacial score (nSPS) is 16.2. The summed E-state index contributed by atoms with van der Waals surface area (Å²) in [7, 11) is -2.20. The second-order valence-electron chi connectivity index (χ2n) is 5.00. The first-order valence-corrected chi connectivity index (χ1v) is 8.66. The number of nitrogens with zero attached hydrogens (tertiary/aromatic N) is 5. The third kappa shape index (κ3) is 3.11. The van der Waals surface area contributed by atoms with Gasteiger partial charge in [-0.2, -0.15) is 4.31 Å². The highest BCUT2D eigenvalue weighted by Crippen LogP contribution is 2.27. The maximum Gasteiger partial charge on any atom is 0.243 e. The molecule has 0 atom stereocenters. The van der Waals surface area contributed by atoms with E-state index in [1.165, 1.54) is 34.4 Å². The first-order chi connectivity index (χ1) is 11.6. The molecule has 10 nitrogen and oxygen atoms in total. The minimum atomic E-state index is -3.63. The molecule has 2 heterocycles. The van der Waals surface area contributed by atoms with E-state index in [0.29, 0.717) is 32.0 Å². The standard InChI is InChI=1S/C13H17N5O5S/c1-22-12-8-10(24(20,21)17-4-6-23-7-5-17)2-3-11(12)18-15-13(9-19)14-16-18/h2-3,8,19H,4-7,9H2,1H3. The number of aliphatic hydroxyl groups excluding tert-OH is 1. The van der Waals surface area contributed by atoms with Crippen molar-refractivity contribution in [3.05, 3.63) is 24.0 Å². The van der Waals surface area contributed by atoms with Gasteiger partial charge in [0.05, 0.1) is 25.2 Å². The molecule has 1 fully saturated rings. The molecule has 1 N–H and O–H groups in total. The zero-order valence-corrected chi connectivity index (χ0v) is 13.8. The Labute approximate surface area is 138 Å². The smallest absolute Gasteiger partial charge is 0.243 e. The molecule has 1 saturated heterocycles. The molecule has 0 unspecified atom stereocenters. The lowest BCUT2D eigenvalue weighted by Crippen LogP contribution is -2.40. The fourth-order valence-corrected chi connectivity index (χ4v) is 3.75. The predicted octanol–water partition coefficient (Wildman–Crippen LogP) is -0.816. The van der Waals surface area contributed by atoms with E-state index < -0.39 is 10.0 Å². The average Bonchev–Trinajstić information content (AvgIpc) is 3.11. The molecule has 0 bridgehead atoms. The van der Waals surface area contributed by atoms with Gasteiger partial charge in [-0.25, -0.2) is 8.42 Å². The van der Waals surface area contributed by atoms with Crippen molar-refractivity contribution in [2.24, 2.45) is 0 Å². The van der Waals surface area contributed by atoms with Crippen LogP contribution in [0.1, 0.15) is 5.82 Å². The largest absolute Gasteiger partial charge is 0.494 e. The third-order valence-corrected chi connectivity index (χ3v) is 5.47. The van der Waals surface area contributed by atoms with Crippen LogP contribution < -0.4 is 4.74 Å². The van der Waals surface area contributed by atoms with Gasteiger partial charge < -0.3 is 14.6 Å². The number of aliphatic hydroxyl groups is 1. The van der Waals surface area contributed by atoms with E-state index >= 15 is 0 Å². The van der Waals surface area contributed by atoms with Crippen LogP contribution in [0.2, 0.25) is 0 Å². The number of methoxy groups -OCH3 is 1. The number of morpholine rings is 1. The number of sulfonamides is 1. The number of ether oxygens (including phenoxy) is 2. The molecule has 11 heteroatoms. The molecule has 24 heavy (non-hydrogen) atoms. The second-order valence-corrected chi connectivity index (χ2v) is 6.94. The summed E-state index contributed by atoms with van der Waals surface area (Å²) in [6, 6.07) is 4.42. The SMILES string of the molecule is COc1cc(S(=O)(=O)N2CCOCC2)ccc1-n1nnc(CO)n1. The van der Waals surface area contributed by atoms with Crippen LogP contribution in [-0.2, 0) is 21.4 Å². The highest BCUT2D eigenvalue weighted by Gasteiger charge is 2.27. The number of benzene rings is 1. The Morgan fingerprint density at radius 3 is 2.71 bits per heavy atom. The summed E-state index contributed by atoms with van der Waals surface area (Å²) in [5, 5.41) is 20.5. The van der Waals surface area contributed by atoms with Crippen LogP contribution in [0.4, 0.5) is 0 Å². The summed E-state index contributed by atoms with van der Waals surface area (Å²) in [5.41, 5.74) is 0.422. The zero-order chi connectivity index (χ0) is 17.2. The molecule has 1 aromatic heterocycles. The van der Waals surface area contributed by atoms with Crippen molar-refractivity contribution >= 4 is 10.0 Å². The molecule has 2 aromatic rings. The van der Waals surface area contributed by atoms with Gasteiger partial charge in [-0.3, -0.25) is 0 Å². The van der Waals surface area contributed by atoms with Crippen molar-refractivity contribution in [3.8, 4) is 11.4 Å². The van der Waals surface area contributed by atoms with Gasteiger partial charge >= 0.3 is 0 Å². The van der Waals surface area contributed by atoms with E-state index in [-0.39, 0.29) is 23.1 Å². The van der Waals surface area contributed by atoms with Crippen LogP contribution in [-0.4, -0.2) is 71.4 Å². The molecule has 1 aliphatic rings. The first kappa shape index (κ1) is 16.8. The van der Waals surface area contributed by atoms with Crippen LogP contribution in [0.3, 0.4) is 0 Å². The molecule has 130 valence electrons. The Morgan fingerprint density at radius 2 is 2.08 bits per heavy atom. The van der Waals surface area contributed by atoms with E-state index in [2.05, 4.69) is 15.4 Å². The van der Waals surface area contributed by atoms with E-state index in [4.69, 9.17) is 14.6 Å². The van der Waals surface area contributed by atoms with Gasteiger partial charge in [0, 0.05) is 19.2 Å². The second kappa shape index (κ2) is 6.81. The number of aromatic nitrogens is 4. The highest BCUT2D eigenvalue weighted by molar-refractivity contribution is 7.89. The highest BCUT2D eigenvalue weighted by atomic mass is 32.2. The monoisotopic (exact) mass is 355 g/mol. The number of hydrogen-bond acceptors (Lipinski definition) is 8. The zero-order valence-electron chi connectivity index (χ0n) is 13.0. The fraction of sp³-hybridized carbons (Fsp3) is 0.462. The van der Waals surface area contributed by atoms with Gasteiger partial charge in [-0.05, 0) is 17.3 Å². The van der Waals surface area contributed by atoms with E-state index in [1.54, 1.807) is 0 Å². The summed E-state index contributed by atoms with van der Waals surface area (Å²) >= 11 is 0. The summed E-state index contributed by atoms with van der Waals surface area (Å²) in [5.74, 6) is 0.438. The predicted molar refractivity (Wildman–Crippen MR) is 81.2 cm³/mol. The van der Waals surface area contributed by atoms with Crippen molar-refractivity contribution in [2.45, 2.75) is 11.5 Å². The van der Waals surface area contributed by atoms with Gasteiger partial charge in [0.2, 0.25) is 15.8 Å². The van der Waals surface area contributed by atoms with Gasteiger partial charge in [-0.15, -0.1) is 15.0 Å². The average molecular weight is 355 g/mol. The summed E-state index contributed by atoms with van der Waals surface area (Å²) in [4.78, 5) is 1.29. The molecule has 0 spiro atoms. The Balaban J connectivity index is 1.96. The fourth-order valence-electron chi connectivity index (χ4n) is 2.33. The Kier molecular flexibility index (Phi) is 4.76. The van der Waals surface area contributed by atoms with Crippen LogP contribution in [0.5, 0.6) is 5.75 Å². The summed E-state index contributed by atoms with van der Waals surface area (Å²) in [6.45, 7) is 1.04. The van der Waals surface area contributed by atoms with Crippen molar-refractivity contribution in [3.63, 3.8) is 0 Å². The van der Waals surface area contributed by atoms with Gasteiger partial charge in [0.15, 0.2) is 0 Å². The maximum atomic E-state index is 12.7. The van der Waals surface area contributed by atoms with Gasteiger partial charge in [0.1, 0.15) is 18.0 Å². The van der Waals surface area contributed by atoms with Crippen LogP contribution in [0, 0.1) is 0 Å². The van der Waals surface area contributed by atoms with E-state index in [0.717, 1.165) is 0 Å². The Bertz CT molecular complexity index is 816. The first-order valence-electron chi connectivity index (χ1n) is 7.22. The topological polar surface area (TPSA) is 120 Å². The molecule has 3 rings (SSSR count). The molecular formula is C13H17N5O5S. The number of tetrazole rings is 1. The van der Waals surface area contributed by atoms with E-state index in [9.17, 15) is 8.42 Å². The quantitative estimate of drug-likeness (QED) is 0.739. The Hall–Kier alpha value is -2.08. The molecule has 0 radical (unpaired) electrons. The maximum absolute atomic E-state index is 12.7. The lowest BCUT2D eigenvalue weighted by Gasteiger charge is -2.26. The van der Waals surface area contributed by atoms with Crippen molar-refractivity contribution < 1.29 is 23.0 Å². The Morgan fingerprint density at radius 1 is 1.33 bits per heavy atom. The number of hydrogen-bond donors (Lipinski definition) is 1. The van der Waals surface area contributed by atoms with E-state index in [1.807, 2.05) is 0 Å².